The predicted molar refractivity (Wildman–Crippen MR) is 102 cm³/mol. The molecule has 3 aromatic rings. The van der Waals surface area contributed by atoms with Gasteiger partial charge in [-0.15, -0.1) is 0 Å². The molecular formula is C22H24N2O2. The molecule has 26 heavy (non-hydrogen) atoms. The minimum atomic E-state index is -0.124. The van der Waals surface area contributed by atoms with E-state index < -0.39 is 0 Å². The van der Waals surface area contributed by atoms with Crippen LogP contribution in [0.15, 0.2) is 47.1 Å². The van der Waals surface area contributed by atoms with Crippen LogP contribution in [0.3, 0.4) is 0 Å². The fraction of sp³-hybridized carbons (Fsp3) is 0.364. The second-order valence-corrected chi connectivity index (χ2v) is 8.01. The number of fused-ring (bicyclic) bond motifs is 1. The summed E-state index contributed by atoms with van der Waals surface area (Å²) >= 11 is 0. The Morgan fingerprint density at radius 3 is 2.50 bits per heavy atom. The number of nitrogens with zero attached hydrogens (tertiary/aromatic N) is 2. The first-order chi connectivity index (χ1) is 12.4. The summed E-state index contributed by atoms with van der Waals surface area (Å²) in [7, 11) is 0. The summed E-state index contributed by atoms with van der Waals surface area (Å²) in [5.74, 6) is 1.33. The van der Waals surface area contributed by atoms with E-state index in [2.05, 4.69) is 39.8 Å². The van der Waals surface area contributed by atoms with E-state index in [-0.39, 0.29) is 11.2 Å². The zero-order valence-corrected chi connectivity index (χ0v) is 15.7. The highest BCUT2D eigenvalue weighted by atomic mass is 16.3. The topological polar surface area (TPSA) is 48.0 Å². The Labute approximate surface area is 153 Å². The molecule has 4 rings (SSSR count). The fourth-order valence-electron chi connectivity index (χ4n) is 3.76. The summed E-state index contributed by atoms with van der Waals surface area (Å²) in [6, 6.07) is 12.1. The van der Waals surface area contributed by atoms with Gasteiger partial charge in [0.2, 0.25) is 0 Å². The molecule has 0 atom stereocenters. The van der Waals surface area contributed by atoms with Gasteiger partial charge in [0.25, 0.3) is 0 Å². The van der Waals surface area contributed by atoms with Gasteiger partial charge < -0.3 is 4.42 Å². The lowest BCUT2D eigenvalue weighted by atomic mass is 9.73. The second-order valence-electron chi connectivity index (χ2n) is 8.01. The van der Waals surface area contributed by atoms with Crippen molar-refractivity contribution in [3.8, 4) is 17.1 Å². The SMILES string of the molecule is CC(C)c1ccc(-n2nc(-c3ccco3)c3c2C(=O)CCC3(C)C)cc1. The van der Waals surface area contributed by atoms with Crippen molar-refractivity contribution in [3.63, 3.8) is 0 Å². The van der Waals surface area contributed by atoms with Gasteiger partial charge in [-0.25, -0.2) is 4.68 Å². The lowest BCUT2D eigenvalue weighted by molar-refractivity contribution is 0.0949. The number of hydrogen-bond donors (Lipinski definition) is 0. The third-order valence-electron chi connectivity index (χ3n) is 5.36. The lowest BCUT2D eigenvalue weighted by Crippen LogP contribution is -2.28. The van der Waals surface area contributed by atoms with Crippen molar-refractivity contribution in [2.24, 2.45) is 0 Å². The molecule has 1 aromatic carbocycles. The Morgan fingerprint density at radius 1 is 1.15 bits per heavy atom. The van der Waals surface area contributed by atoms with Gasteiger partial charge >= 0.3 is 0 Å². The van der Waals surface area contributed by atoms with Crippen LogP contribution in [0.25, 0.3) is 17.1 Å². The van der Waals surface area contributed by atoms with Gasteiger partial charge in [0, 0.05) is 12.0 Å². The largest absolute Gasteiger partial charge is 0.463 e. The van der Waals surface area contributed by atoms with Crippen LogP contribution in [0.2, 0.25) is 0 Å². The molecule has 0 amide bonds. The third-order valence-corrected chi connectivity index (χ3v) is 5.36. The highest BCUT2D eigenvalue weighted by Crippen LogP contribution is 2.43. The smallest absolute Gasteiger partial charge is 0.181 e. The van der Waals surface area contributed by atoms with E-state index in [1.54, 1.807) is 10.9 Å². The molecule has 2 heterocycles. The Kier molecular flexibility index (Phi) is 3.87. The summed E-state index contributed by atoms with van der Waals surface area (Å²) in [5, 5.41) is 4.83. The van der Waals surface area contributed by atoms with Gasteiger partial charge in [0.1, 0.15) is 11.4 Å². The second kappa shape index (κ2) is 5.97. The number of furan rings is 1. The average Bonchev–Trinajstić information content (AvgIpc) is 3.26. The van der Waals surface area contributed by atoms with Gasteiger partial charge in [-0.3, -0.25) is 4.79 Å². The zero-order valence-electron chi connectivity index (χ0n) is 15.7. The number of aromatic nitrogens is 2. The van der Waals surface area contributed by atoms with E-state index in [0.717, 1.165) is 23.4 Å². The van der Waals surface area contributed by atoms with E-state index >= 15 is 0 Å². The number of carbonyl (C=O) groups excluding carboxylic acids is 1. The highest BCUT2D eigenvalue weighted by molar-refractivity contribution is 5.99. The average molecular weight is 348 g/mol. The summed E-state index contributed by atoms with van der Waals surface area (Å²) in [6.07, 6.45) is 3.02. The van der Waals surface area contributed by atoms with Crippen LogP contribution < -0.4 is 0 Å². The van der Waals surface area contributed by atoms with E-state index in [4.69, 9.17) is 9.52 Å². The van der Waals surface area contributed by atoms with E-state index in [9.17, 15) is 4.79 Å². The quantitative estimate of drug-likeness (QED) is 0.627. The fourth-order valence-corrected chi connectivity index (χ4v) is 3.76. The Bertz CT molecular complexity index is 945. The van der Waals surface area contributed by atoms with Gasteiger partial charge in [-0.2, -0.15) is 5.10 Å². The Balaban J connectivity index is 1.95. The lowest BCUT2D eigenvalue weighted by Gasteiger charge is -2.29. The van der Waals surface area contributed by atoms with Gasteiger partial charge in [0.05, 0.1) is 12.0 Å². The molecule has 0 aliphatic heterocycles. The third kappa shape index (κ3) is 2.61. The normalized spacial score (nSPS) is 16.1. The van der Waals surface area contributed by atoms with E-state index in [0.29, 0.717) is 23.8 Å². The molecule has 1 aliphatic rings. The number of ketones is 1. The minimum Gasteiger partial charge on any atom is -0.463 e. The standard InChI is InChI=1S/C22H24N2O2/c1-14(2)15-7-9-16(10-8-15)24-21-17(25)11-12-22(3,4)19(21)20(23-24)18-6-5-13-26-18/h5-10,13-14H,11-12H2,1-4H3. The van der Waals surface area contributed by atoms with Crippen molar-refractivity contribution in [1.29, 1.82) is 0 Å². The molecule has 0 unspecified atom stereocenters. The first-order valence-corrected chi connectivity index (χ1v) is 9.19. The molecule has 0 fully saturated rings. The molecule has 1 aliphatic carbocycles. The molecule has 4 heteroatoms. The van der Waals surface area contributed by atoms with Crippen LogP contribution >= 0.6 is 0 Å². The number of benzene rings is 1. The maximum absolute atomic E-state index is 12.8. The summed E-state index contributed by atoms with van der Waals surface area (Å²) in [5.41, 5.74) is 4.53. The number of rotatable bonds is 3. The molecule has 0 bridgehead atoms. The first-order valence-electron chi connectivity index (χ1n) is 9.19. The molecular weight excluding hydrogens is 324 g/mol. The first kappa shape index (κ1) is 16.8. The predicted octanol–water partition coefficient (Wildman–Crippen LogP) is 5.51. The van der Waals surface area contributed by atoms with Crippen molar-refractivity contribution in [2.45, 2.75) is 51.9 Å². The van der Waals surface area contributed by atoms with Crippen LogP contribution in [-0.4, -0.2) is 15.6 Å². The monoisotopic (exact) mass is 348 g/mol. The van der Waals surface area contributed by atoms with Crippen molar-refractivity contribution < 1.29 is 9.21 Å². The molecule has 0 saturated heterocycles. The maximum Gasteiger partial charge on any atom is 0.181 e. The summed E-state index contributed by atoms with van der Waals surface area (Å²) < 4.78 is 7.43. The molecule has 4 nitrogen and oxygen atoms in total. The van der Waals surface area contributed by atoms with Crippen molar-refractivity contribution in [2.75, 3.05) is 0 Å². The maximum atomic E-state index is 12.8. The van der Waals surface area contributed by atoms with Crippen LogP contribution in [0.4, 0.5) is 0 Å². The van der Waals surface area contributed by atoms with Crippen LogP contribution in [0, 0.1) is 0 Å². The van der Waals surface area contributed by atoms with Crippen LogP contribution in [0.5, 0.6) is 0 Å². The zero-order chi connectivity index (χ0) is 18.5. The summed E-state index contributed by atoms with van der Waals surface area (Å²) in [4.78, 5) is 12.8. The van der Waals surface area contributed by atoms with Crippen LogP contribution in [-0.2, 0) is 5.41 Å². The number of carbonyl (C=O) groups is 1. The molecule has 0 saturated carbocycles. The Hall–Kier alpha value is -2.62. The number of Topliss-reactive ketones (excluding diaryl/α,β-unsaturated/α-hetero) is 1. The van der Waals surface area contributed by atoms with E-state index in [1.165, 1.54) is 5.56 Å². The van der Waals surface area contributed by atoms with Gasteiger partial charge in [-0.1, -0.05) is 39.8 Å². The van der Waals surface area contributed by atoms with Crippen molar-refractivity contribution in [3.05, 3.63) is 59.5 Å². The molecule has 0 spiro atoms. The molecule has 2 aromatic heterocycles. The highest BCUT2D eigenvalue weighted by Gasteiger charge is 2.39. The number of hydrogen-bond acceptors (Lipinski definition) is 3. The molecule has 0 radical (unpaired) electrons. The van der Waals surface area contributed by atoms with E-state index in [1.807, 2.05) is 24.3 Å². The van der Waals surface area contributed by atoms with Crippen LogP contribution in [0.1, 0.15) is 68.1 Å². The van der Waals surface area contributed by atoms with Gasteiger partial charge in [0.15, 0.2) is 11.5 Å². The van der Waals surface area contributed by atoms with Gasteiger partial charge in [-0.05, 0) is 47.6 Å². The molecule has 0 N–H and O–H groups in total. The molecule has 134 valence electrons. The Morgan fingerprint density at radius 2 is 1.88 bits per heavy atom. The van der Waals surface area contributed by atoms with Crippen molar-refractivity contribution >= 4 is 5.78 Å². The summed E-state index contributed by atoms with van der Waals surface area (Å²) in [6.45, 7) is 8.70. The minimum absolute atomic E-state index is 0.124. The van der Waals surface area contributed by atoms with Crippen molar-refractivity contribution in [1.82, 2.24) is 9.78 Å².